The molecule has 0 saturated carbocycles. The lowest BCUT2D eigenvalue weighted by Crippen LogP contribution is -1.89. The van der Waals surface area contributed by atoms with E-state index in [4.69, 9.17) is 0 Å². The van der Waals surface area contributed by atoms with E-state index in [0.717, 1.165) is 23.1 Å². The van der Waals surface area contributed by atoms with Gasteiger partial charge in [-0.15, -0.1) is 0 Å². The second-order valence-electron chi connectivity index (χ2n) is 3.66. The number of phenols is 1. The molecule has 76 valence electrons. The molecule has 0 aliphatic rings. The fourth-order valence-electron chi connectivity index (χ4n) is 1.58. The van der Waals surface area contributed by atoms with Crippen LogP contribution in [0.4, 0.5) is 0 Å². The normalized spacial score (nSPS) is 10.2. The lowest BCUT2D eigenvalue weighted by molar-refractivity contribution is 0.469. The minimum absolute atomic E-state index is 0.359. The van der Waals surface area contributed by atoms with Crippen LogP contribution >= 0.6 is 0 Å². The van der Waals surface area contributed by atoms with Crippen LogP contribution in [-0.2, 0) is 6.42 Å². The molecule has 1 N–H and O–H groups in total. The van der Waals surface area contributed by atoms with Gasteiger partial charge in [-0.3, -0.25) is 4.98 Å². The minimum atomic E-state index is 0.359. The van der Waals surface area contributed by atoms with Crippen LogP contribution in [0.2, 0.25) is 0 Å². The first-order valence-electron chi connectivity index (χ1n) is 4.93. The van der Waals surface area contributed by atoms with Gasteiger partial charge in [0.05, 0.1) is 0 Å². The largest absolute Gasteiger partial charge is 0.508 e. The minimum Gasteiger partial charge on any atom is -0.508 e. The van der Waals surface area contributed by atoms with E-state index >= 15 is 0 Å². The summed E-state index contributed by atoms with van der Waals surface area (Å²) in [6, 6.07) is 9.58. The van der Waals surface area contributed by atoms with Gasteiger partial charge in [0.2, 0.25) is 0 Å². The summed E-state index contributed by atoms with van der Waals surface area (Å²) < 4.78 is 0. The van der Waals surface area contributed by atoms with Crippen molar-refractivity contribution in [3.8, 4) is 5.75 Å². The second kappa shape index (κ2) is 4.13. The Bertz CT molecular complexity index is 451. The Morgan fingerprint density at radius 1 is 1.13 bits per heavy atom. The quantitative estimate of drug-likeness (QED) is 0.806. The number of aryl methyl sites for hydroxylation is 1. The van der Waals surface area contributed by atoms with Crippen molar-refractivity contribution >= 4 is 0 Å². The molecule has 15 heavy (non-hydrogen) atoms. The fourth-order valence-corrected chi connectivity index (χ4v) is 1.58. The molecule has 0 aliphatic heterocycles. The van der Waals surface area contributed by atoms with E-state index < -0.39 is 0 Å². The Morgan fingerprint density at radius 2 is 1.87 bits per heavy atom. The van der Waals surface area contributed by atoms with Crippen LogP contribution in [0.15, 0.2) is 42.7 Å². The van der Waals surface area contributed by atoms with Crippen LogP contribution in [0.3, 0.4) is 0 Å². The molecule has 0 amide bonds. The topological polar surface area (TPSA) is 33.1 Å². The lowest BCUT2D eigenvalue weighted by atomic mass is 10.0. The van der Waals surface area contributed by atoms with Gasteiger partial charge in [-0.1, -0.05) is 17.7 Å². The maximum atomic E-state index is 9.68. The summed E-state index contributed by atoms with van der Waals surface area (Å²) in [7, 11) is 0. The van der Waals surface area contributed by atoms with Gasteiger partial charge in [-0.25, -0.2) is 0 Å². The second-order valence-corrected chi connectivity index (χ2v) is 3.66. The molecular formula is C13H13NO. The van der Waals surface area contributed by atoms with Crippen molar-refractivity contribution in [3.05, 3.63) is 59.4 Å². The molecule has 0 unspecified atom stereocenters. The Kier molecular flexibility index (Phi) is 2.68. The van der Waals surface area contributed by atoms with Gasteiger partial charge in [0.1, 0.15) is 5.75 Å². The highest BCUT2D eigenvalue weighted by molar-refractivity contribution is 5.38. The van der Waals surface area contributed by atoms with Crippen molar-refractivity contribution in [3.63, 3.8) is 0 Å². The summed E-state index contributed by atoms with van der Waals surface area (Å²) in [6.07, 6.45) is 4.28. The summed E-state index contributed by atoms with van der Waals surface area (Å²) in [4.78, 5) is 3.96. The van der Waals surface area contributed by atoms with Crippen molar-refractivity contribution < 1.29 is 5.11 Å². The van der Waals surface area contributed by atoms with Crippen molar-refractivity contribution in [1.82, 2.24) is 4.98 Å². The number of pyridine rings is 1. The Morgan fingerprint density at radius 3 is 2.60 bits per heavy atom. The third-order valence-electron chi connectivity index (χ3n) is 2.38. The molecule has 0 saturated heterocycles. The highest BCUT2D eigenvalue weighted by Crippen LogP contribution is 2.21. The standard InChI is InChI=1S/C13H13NO/c1-10-2-3-13(15)12(8-10)9-11-4-6-14-7-5-11/h2-8,15H,9H2,1H3. The number of aromatic hydroxyl groups is 1. The zero-order valence-corrected chi connectivity index (χ0v) is 8.64. The highest BCUT2D eigenvalue weighted by Gasteiger charge is 2.02. The molecule has 0 spiro atoms. The molecule has 0 atom stereocenters. The van der Waals surface area contributed by atoms with Crippen LogP contribution in [0, 0.1) is 6.92 Å². The Labute approximate surface area is 89.2 Å². The van der Waals surface area contributed by atoms with E-state index in [1.54, 1.807) is 18.5 Å². The van der Waals surface area contributed by atoms with E-state index in [1.807, 2.05) is 31.2 Å². The molecule has 2 nitrogen and oxygen atoms in total. The number of hydrogen-bond acceptors (Lipinski definition) is 2. The molecule has 0 bridgehead atoms. The van der Waals surface area contributed by atoms with E-state index in [-0.39, 0.29) is 0 Å². The van der Waals surface area contributed by atoms with Crippen molar-refractivity contribution in [2.24, 2.45) is 0 Å². The van der Waals surface area contributed by atoms with Gasteiger partial charge in [0, 0.05) is 18.8 Å². The molecule has 2 aromatic rings. The van der Waals surface area contributed by atoms with Crippen LogP contribution < -0.4 is 0 Å². The molecular weight excluding hydrogens is 186 g/mol. The summed E-state index contributed by atoms with van der Waals surface area (Å²) >= 11 is 0. The van der Waals surface area contributed by atoms with E-state index in [2.05, 4.69) is 4.98 Å². The average Bonchev–Trinajstić information content (AvgIpc) is 2.25. The maximum absolute atomic E-state index is 9.68. The molecule has 1 aromatic carbocycles. The van der Waals surface area contributed by atoms with Gasteiger partial charge in [0.25, 0.3) is 0 Å². The Hall–Kier alpha value is -1.83. The zero-order chi connectivity index (χ0) is 10.7. The monoisotopic (exact) mass is 199 g/mol. The molecule has 2 rings (SSSR count). The smallest absolute Gasteiger partial charge is 0.119 e. The van der Waals surface area contributed by atoms with E-state index in [9.17, 15) is 5.11 Å². The molecule has 1 aromatic heterocycles. The highest BCUT2D eigenvalue weighted by atomic mass is 16.3. The van der Waals surface area contributed by atoms with Crippen molar-refractivity contribution in [2.45, 2.75) is 13.3 Å². The summed E-state index contributed by atoms with van der Waals surface area (Å²) in [6.45, 7) is 2.02. The molecule has 0 fully saturated rings. The Balaban J connectivity index is 2.28. The predicted molar refractivity (Wildman–Crippen MR) is 59.9 cm³/mol. The third-order valence-corrected chi connectivity index (χ3v) is 2.38. The van der Waals surface area contributed by atoms with E-state index in [1.165, 1.54) is 0 Å². The zero-order valence-electron chi connectivity index (χ0n) is 8.64. The molecule has 0 aliphatic carbocycles. The molecule has 2 heteroatoms. The maximum Gasteiger partial charge on any atom is 0.119 e. The number of phenolic OH excluding ortho intramolecular Hbond substituents is 1. The number of benzene rings is 1. The first kappa shape index (κ1) is 9.71. The number of aromatic nitrogens is 1. The lowest BCUT2D eigenvalue weighted by Gasteiger charge is -2.05. The number of hydrogen-bond donors (Lipinski definition) is 1. The van der Waals surface area contributed by atoms with Gasteiger partial charge >= 0.3 is 0 Å². The van der Waals surface area contributed by atoms with Gasteiger partial charge in [-0.05, 0) is 36.2 Å². The van der Waals surface area contributed by atoms with Gasteiger partial charge in [-0.2, -0.15) is 0 Å². The van der Waals surface area contributed by atoms with Crippen LogP contribution in [-0.4, -0.2) is 10.1 Å². The number of nitrogens with zero attached hydrogens (tertiary/aromatic N) is 1. The average molecular weight is 199 g/mol. The first-order valence-corrected chi connectivity index (χ1v) is 4.93. The number of rotatable bonds is 2. The van der Waals surface area contributed by atoms with Crippen LogP contribution in [0.1, 0.15) is 16.7 Å². The molecule has 0 radical (unpaired) electrons. The first-order chi connectivity index (χ1) is 7.25. The fraction of sp³-hybridized carbons (Fsp3) is 0.154. The van der Waals surface area contributed by atoms with E-state index in [0.29, 0.717) is 5.75 Å². The van der Waals surface area contributed by atoms with Crippen molar-refractivity contribution in [1.29, 1.82) is 0 Å². The summed E-state index contributed by atoms with van der Waals surface area (Å²) in [5, 5.41) is 9.68. The predicted octanol–water partition coefficient (Wildman–Crippen LogP) is 2.69. The summed E-state index contributed by atoms with van der Waals surface area (Å²) in [5.41, 5.74) is 3.28. The van der Waals surface area contributed by atoms with Gasteiger partial charge in [0.15, 0.2) is 0 Å². The third kappa shape index (κ3) is 2.34. The summed E-state index contributed by atoms with van der Waals surface area (Å²) in [5.74, 6) is 0.359. The van der Waals surface area contributed by atoms with Gasteiger partial charge < -0.3 is 5.11 Å². The van der Waals surface area contributed by atoms with Crippen LogP contribution in [0.25, 0.3) is 0 Å². The molecule has 1 heterocycles. The van der Waals surface area contributed by atoms with Crippen molar-refractivity contribution in [2.75, 3.05) is 0 Å². The van der Waals surface area contributed by atoms with Crippen LogP contribution in [0.5, 0.6) is 5.75 Å². The SMILES string of the molecule is Cc1ccc(O)c(Cc2ccncc2)c1.